The quantitative estimate of drug-likeness (QED) is 0.768. The van der Waals surface area contributed by atoms with Crippen LogP contribution < -0.4 is 5.32 Å². The Morgan fingerprint density at radius 3 is 2.68 bits per heavy atom. The molecule has 1 N–H and O–H groups in total. The summed E-state index contributed by atoms with van der Waals surface area (Å²) in [5.41, 5.74) is 0. The SMILES string of the molecule is COC(=O)C1CC(NCC(F)F)CN(C2CCC2)C1. The van der Waals surface area contributed by atoms with Gasteiger partial charge < -0.3 is 10.1 Å². The molecule has 1 saturated carbocycles. The first-order valence-electron chi connectivity index (χ1n) is 6.93. The van der Waals surface area contributed by atoms with Gasteiger partial charge >= 0.3 is 5.97 Å². The fourth-order valence-corrected chi connectivity index (χ4v) is 2.92. The van der Waals surface area contributed by atoms with Crippen molar-refractivity contribution in [1.29, 1.82) is 0 Å². The van der Waals surface area contributed by atoms with Crippen LogP contribution in [0.1, 0.15) is 25.7 Å². The topological polar surface area (TPSA) is 41.6 Å². The van der Waals surface area contributed by atoms with Crippen molar-refractivity contribution in [3.8, 4) is 0 Å². The van der Waals surface area contributed by atoms with E-state index < -0.39 is 6.43 Å². The second kappa shape index (κ2) is 6.61. The first kappa shape index (κ1) is 14.7. The molecule has 1 aliphatic heterocycles. The zero-order valence-corrected chi connectivity index (χ0v) is 11.3. The molecule has 0 aromatic heterocycles. The minimum absolute atomic E-state index is 0.0487. The van der Waals surface area contributed by atoms with Gasteiger partial charge in [-0.2, -0.15) is 0 Å². The Morgan fingerprint density at radius 1 is 1.42 bits per heavy atom. The summed E-state index contributed by atoms with van der Waals surface area (Å²) in [6, 6.07) is 0.468. The highest BCUT2D eigenvalue weighted by Gasteiger charge is 2.36. The molecular weight excluding hydrogens is 254 g/mol. The number of alkyl halides is 2. The minimum atomic E-state index is -2.35. The van der Waals surface area contributed by atoms with E-state index >= 15 is 0 Å². The lowest BCUT2D eigenvalue weighted by atomic mass is 9.86. The van der Waals surface area contributed by atoms with Crippen molar-refractivity contribution < 1.29 is 18.3 Å². The van der Waals surface area contributed by atoms with E-state index in [1.807, 2.05) is 0 Å². The van der Waals surface area contributed by atoms with Crippen molar-refractivity contribution in [3.63, 3.8) is 0 Å². The third-order valence-electron chi connectivity index (χ3n) is 4.17. The van der Waals surface area contributed by atoms with Crippen LogP contribution in [0.25, 0.3) is 0 Å². The predicted molar refractivity (Wildman–Crippen MR) is 67.1 cm³/mol. The van der Waals surface area contributed by atoms with Gasteiger partial charge in [-0.25, -0.2) is 8.78 Å². The molecule has 1 saturated heterocycles. The van der Waals surface area contributed by atoms with Gasteiger partial charge in [0.1, 0.15) is 0 Å². The standard InChI is InChI=1S/C13H22F2N2O2/c1-19-13(18)9-5-10(16-6-12(14)15)8-17(7-9)11-3-2-4-11/h9-12,16H,2-8H2,1H3. The molecule has 0 aromatic carbocycles. The number of carbonyl (C=O) groups excluding carboxylic acids is 1. The Morgan fingerprint density at radius 2 is 2.16 bits per heavy atom. The van der Waals surface area contributed by atoms with E-state index in [-0.39, 0.29) is 24.5 Å². The summed E-state index contributed by atoms with van der Waals surface area (Å²) in [6.45, 7) is 1.14. The molecule has 19 heavy (non-hydrogen) atoms. The Labute approximate surface area is 112 Å². The van der Waals surface area contributed by atoms with E-state index in [0.29, 0.717) is 19.0 Å². The number of hydrogen-bond donors (Lipinski definition) is 1. The number of nitrogens with one attached hydrogen (secondary N) is 1. The molecule has 0 amide bonds. The Bertz CT molecular complexity index is 311. The Hall–Kier alpha value is -0.750. The molecule has 2 fully saturated rings. The van der Waals surface area contributed by atoms with Crippen molar-refractivity contribution in [1.82, 2.24) is 10.2 Å². The van der Waals surface area contributed by atoms with Crippen LogP contribution in [0.5, 0.6) is 0 Å². The van der Waals surface area contributed by atoms with E-state index in [1.54, 1.807) is 0 Å². The lowest BCUT2D eigenvalue weighted by molar-refractivity contribution is -0.148. The van der Waals surface area contributed by atoms with Gasteiger partial charge in [0, 0.05) is 25.2 Å². The summed E-state index contributed by atoms with van der Waals surface area (Å²) < 4.78 is 29.4. The second-order valence-electron chi connectivity index (χ2n) is 5.49. The van der Waals surface area contributed by atoms with Gasteiger partial charge in [-0.3, -0.25) is 9.69 Å². The van der Waals surface area contributed by atoms with Crippen LogP contribution >= 0.6 is 0 Å². The molecule has 0 spiro atoms. The molecule has 0 radical (unpaired) electrons. The highest BCUT2D eigenvalue weighted by atomic mass is 19.3. The zero-order valence-electron chi connectivity index (χ0n) is 11.3. The number of methoxy groups -OCH3 is 1. The summed E-state index contributed by atoms with van der Waals surface area (Å²) in [5.74, 6) is -0.428. The number of piperidine rings is 1. The molecule has 2 aliphatic rings. The van der Waals surface area contributed by atoms with Gasteiger partial charge in [0.15, 0.2) is 0 Å². The van der Waals surface area contributed by atoms with Gasteiger partial charge in [-0.1, -0.05) is 6.42 Å². The van der Waals surface area contributed by atoms with E-state index in [0.717, 1.165) is 19.4 Å². The molecule has 1 heterocycles. The highest BCUT2D eigenvalue weighted by Crippen LogP contribution is 2.29. The number of esters is 1. The first-order chi connectivity index (χ1) is 9.10. The molecule has 4 nitrogen and oxygen atoms in total. The van der Waals surface area contributed by atoms with E-state index in [4.69, 9.17) is 4.74 Å². The average Bonchev–Trinajstić information content (AvgIpc) is 2.33. The van der Waals surface area contributed by atoms with Crippen LogP contribution in [0, 0.1) is 5.92 Å². The third kappa shape index (κ3) is 3.86. The number of hydrogen-bond acceptors (Lipinski definition) is 4. The van der Waals surface area contributed by atoms with Crippen LogP contribution in [0.15, 0.2) is 0 Å². The summed E-state index contributed by atoms with van der Waals surface area (Å²) in [6.07, 6.45) is 1.75. The smallest absolute Gasteiger partial charge is 0.310 e. The monoisotopic (exact) mass is 276 g/mol. The number of rotatable bonds is 5. The van der Waals surface area contributed by atoms with Crippen molar-refractivity contribution in [2.75, 3.05) is 26.7 Å². The minimum Gasteiger partial charge on any atom is -0.469 e. The van der Waals surface area contributed by atoms with Crippen molar-refractivity contribution in [2.24, 2.45) is 5.92 Å². The maximum atomic E-state index is 12.3. The van der Waals surface area contributed by atoms with Crippen LogP contribution in [-0.4, -0.2) is 56.1 Å². The maximum absolute atomic E-state index is 12.3. The summed E-state index contributed by atoms with van der Waals surface area (Å²) in [7, 11) is 1.38. The van der Waals surface area contributed by atoms with Crippen LogP contribution in [-0.2, 0) is 9.53 Å². The molecular formula is C13H22F2N2O2. The Kier molecular flexibility index (Phi) is 5.10. The second-order valence-corrected chi connectivity index (χ2v) is 5.49. The molecule has 2 rings (SSSR count). The number of nitrogens with zero attached hydrogens (tertiary/aromatic N) is 1. The van der Waals surface area contributed by atoms with Crippen molar-refractivity contribution in [3.05, 3.63) is 0 Å². The van der Waals surface area contributed by atoms with Gasteiger partial charge in [-0.05, 0) is 19.3 Å². The van der Waals surface area contributed by atoms with Crippen molar-refractivity contribution >= 4 is 5.97 Å². The normalized spacial score (nSPS) is 29.3. The molecule has 2 atom stereocenters. The van der Waals surface area contributed by atoms with Gasteiger partial charge in [-0.15, -0.1) is 0 Å². The molecule has 0 bridgehead atoms. The number of likely N-dealkylation sites (tertiary alicyclic amines) is 1. The number of ether oxygens (including phenoxy) is 1. The average molecular weight is 276 g/mol. The number of carbonyl (C=O) groups is 1. The zero-order chi connectivity index (χ0) is 13.8. The fraction of sp³-hybridized carbons (Fsp3) is 0.923. The molecule has 0 aromatic rings. The van der Waals surface area contributed by atoms with Gasteiger partial charge in [0.25, 0.3) is 6.43 Å². The van der Waals surface area contributed by atoms with E-state index in [9.17, 15) is 13.6 Å². The van der Waals surface area contributed by atoms with Gasteiger partial charge in [0.05, 0.1) is 19.6 Å². The molecule has 6 heteroatoms. The third-order valence-corrected chi connectivity index (χ3v) is 4.17. The molecule has 2 unspecified atom stereocenters. The molecule has 110 valence electrons. The van der Waals surface area contributed by atoms with Gasteiger partial charge in [0.2, 0.25) is 0 Å². The predicted octanol–water partition coefficient (Wildman–Crippen LogP) is 1.26. The highest BCUT2D eigenvalue weighted by molar-refractivity contribution is 5.72. The number of halogens is 2. The largest absolute Gasteiger partial charge is 0.469 e. The fourth-order valence-electron chi connectivity index (χ4n) is 2.92. The van der Waals surface area contributed by atoms with Crippen molar-refractivity contribution in [2.45, 2.75) is 44.2 Å². The summed E-state index contributed by atoms with van der Waals surface area (Å²) >= 11 is 0. The van der Waals surface area contributed by atoms with Crippen LogP contribution in [0.4, 0.5) is 8.78 Å². The summed E-state index contributed by atoms with van der Waals surface area (Å²) in [4.78, 5) is 14.0. The summed E-state index contributed by atoms with van der Waals surface area (Å²) in [5, 5.41) is 2.86. The first-order valence-corrected chi connectivity index (χ1v) is 6.93. The Balaban J connectivity index is 1.92. The van der Waals surface area contributed by atoms with Crippen LogP contribution in [0.3, 0.4) is 0 Å². The lowest BCUT2D eigenvalue weighted by Gasteiger charge is -2.44. The maximum Gasteiger partial charge on any atom is 0.310 e. The van der Waals surface area contributed by atoms with Crippen LogP contribution in [0.2, 0.25) is 0 Å². The molecule has 1 aliphatic carbocycles. The van der Waals surface area contributed by atoms with E-state index in [1.165, 1.54) is 13.5 Å². The van der Waals surface area contributed by atoms with E-state index in [2.05, 4.69) is 10.2 Å². The lowest BCUT2D eigenvalue weighted by Crippen LogP contribution is -2.56.